The summed E-state index contributed by atoms with van der Waals surface area (Å²) in [5.74, 6) is 7.08. The summed E-state index contributed by atoms with van der Waals surface area (Å²) >= 11 is 0. The number of hydrogen-bond donors (Lipinski definition) is 2. The predicted octanol–water partition coefficient (Wildman–Crippen LogP) is 1.41. The highest BCUT2D eigenvalue weighted by Crippen LogP contribution is 2.20. The van der Waals surface area contributed by atoms with Crippen molar-refractivity contribution < 1.29 is 0 Å². The van der Waals surface area contributed by atoms with Gasteiger partial charge in [-0.25, -0.2) is 5.84 Å². The van der Waals surface area contributed by atoms with Crippen LogP contribution in [0.25, 0.3) is 0 Å². The number of guanidine groups is 1. The lowest BCUT2D eigenvalue weighted by molar-refractivity contribution is 0.114. The van der Waals surface area contributed by atoms with Crippen molar-refractivity contribution in [2.45, 2.75) is 52.0 Å². The molecule has 0 amide bonds. The molecule has 0 saturated carbocycles. The summed E-state index contributed by atoms with van der Waals surface area (Å²) in [7, 11) is 0. The van der Waals surface area contributed by atoms with Gasteiger partial charge in [-0.3, -0.25) is 10.4 Å². The Morgan fingerprint density at radius 3 is 2.35 bits per heavy atom. The van der Waals surface area contributed by atoms with Gasteiger partial charge < -0.3 is 9.80 Å². The van der Waals surface area contributed by atoms with E-state index < -0.39 is 0 Å². The lowest BCUT2D eigenvalue weighted by atomic mass is 10.00. The zero-order valence-corrected chi connectivity index (χ0v) is 13.1. The molecule has 2 saturated heterocycles. The number of aliphatic imine (C=N–C) groups is 1. The molecule has 0 aromatic rings. The minimum Gasteiger partial charge on any atom is -0.342 e. The minimum atomic E-state index is 0.573. The van der Waals surface area contributed by atoms with Crippen molar-refractivity contribution >= 4 is 5.96 Å². The van der Waals surface area contributed by atoms with E-state index >= 15 is 0 Å². The van der Waals surface area contributed by atoms with Gasteiger partial charge in [0.1, 0.15) is 0 Å². The van der Waals surface area contributed by atoms with Crippen LogP contribution in [0.4, 0.5) is 0 Å². The minimum absolute atomic E-state index is 0.573. The molecule has 0 atom stereocenters. The smallest absolute Gasteiger partial charge is 0.208 e. The monoisotopic (exact) mass is 281 g/mol. The Labute approximate surface area is 123 Å². The third-order valence-electron chi connectivity index (χ3n) is 4.41. The van der Waals surface area contributed by atoms with Crippen LogP contribution in [-0.2, 0) is 0 Å². The van der Waals surface area contributed by atoms with Crippen molar-refractivity contribution in [3.05, 3.63) is 0 Å². The number of nitrogens with one attached hydrogen (secondary N) is 1. The second kappa shape index (κ2) is 7.84. The first-order valence-electron chi connectivity index (χ1n) is 8.20. The maximum atomic E-state index is 5.63. The van der Waals surface area contributed by atoms with E-state index in [0.29, 0.717) is 5.92 Å². The second-order valence-corrected chi connectivity index (χ2v) is 6.52. The average molecular weight is 281 g/mol. The molecule has 2 aliphatic rings. The van der Waals surface area contributed by atoms with Gasteiger partial charge in [-0.05, 0) is 44.7 Å². The number of hydrazine groups is 1. The molecule has 0 spiro atoms. The van der Waals surface area contributed by atoms with Gasteiger partial charge in [-0.1, -0.05) is 20.3 Å². The van der Waals surface area contributed by atoms with Gasteiger partial charge >= 0.3 is 0 Å². The molecule has 116 valence electrons. The van der Waals surface area contributed by atoms with Crippen LogP contribution in [0.15, 0.2) is 4.99 Å². The summed E-state index contributed by atoms with van der Waals surface area (Å²) in [5, 5.41) is 0. The molecule has 2 fully saturated rings. The van der Waals surface area contributed by atoms with Gasteiger partial charge in [0, 0.05) is 25.7 Å². The lowest BCUT2D eigenvalue weighted by Gasteiger charge is -2.40. The number of likely N-dealkylation sites (tertiary alicyclic amines) is 2. The second-order valence-electron chi connectivity index (χ2n) is 6.52. The predicted molar refractivity (Wildman–Crippen MR) is 84.5 cm³/mol. The van der Waals surface area contributed by atoms with E-state index in [-0.39, 0.29) is 0 Å². The Kier molecular flexibility index (Phi) is 6.10. The maximum absolute atomic E-state index is 5.63. The topological polar surface area (TPSA) is 56.9 Å². The fraction of sp³-hybridized carbons (Fsp3) is 0.933. The van der Waals surface area contributed by atoms with Crippen LogP contribution in [0, 0.1) is 5.92 Å². The highest BCUT2D eigenvalue weighted by molar-refractivity contribution is 5.79. The zero-order chi connectivity index (χ0) is 14.4. The molecule has 0 aliphatic carbocycles. The summed E-state index contributed by atoms with van der Waals surface area (Å²) in [4.78, 5) is 9.60. The van der Waals surface area contributed by atoms with E-state index in [9.17, 15) is 0 Å². The van der Waals surface area contributed by atoms with E-state index in [4.69, 9.17) is 5.84 Å². The van der Waals surface area contributed by atoms with E-state index in [1.54, 1.807) is 0 Å². The molecular formula is C15H31N5. The lowest BCUT2D eigenvalue weighted by Crippen LogP contribution is -2.52. The van der Waals surface area contributed by atoms with Crippen molar-refractivity contribution in [1.82, 2.24) is 15.2 Å². The van der Waals surface area contributed by atoms with Crippen LogP contribution in [0.1, 0.15) is 46.0 Å². The fourth-order valence-corrected chi connectivity index (χ4v) is 3.23. The third kappa shape index (κ3) is 4.35. The molecule has 0 aromatic carbocycles. The number of rotatable bonds is 3. The van der Waals surface area contributed by atoms with Crippen LogP contribution in [0.5, 0.6) is 0 Å². The molecule has 0 unspecified atom stereocenters. The highest BCUT2D eigenvalue weighted by atomic mass is 15.4. The molecular weight excluding hydrogens is 250 g/mol. The molecule has 3 N–H and O–H groups in total. The number of nitrogens with zero attached hydrogens (tertiary/aromatic N) is 3. The highest BCUT2D eigenvalue weighted by Gasteiger charge is 2.26. The summed E-state index contributed by atoms with van der Waals surface area (Å²) < 4.78 is 0. The molecule has 2 heterocycles. The summed E-state index contributed by atoms with van der Waals surface area (Å²) in [6.45, 7) is 9.94. The number of piperidine rings is 2. The van der Waals surface area contributed by atoms with Gasteiger partial charge in [0.2, 0.25) is 5.96 Å². The van der Waals surface area contributed by atoms with Crippen LogP contribution in [0.2, 0.25) is 0 Å². The Morgan fingerprint density at radius 2 is 1.80 bits per heavy atom. The summed E-state index contributed by atoms with van der Waals surface area (Å²) in [5.41, 5.74) is 2.78. The molecule has 2 rings (SSSR count). The Hall–Kier alpha value is -0.810. The first kappa shape index (κ1) is 15.6. The first-order chi connectivity index (χ1) is 9.70. The molecule has 5 nitrogen and oxygen atoms in total. The maximum Gasteiger partial charge on any atom is 0.208 e. The van der Waals surface area contributed by atoms with E-state index in [1.807, 2.05) is 0 Å². The largest absolute Gasteiger partial charge is 0.342 e. The van der Waals surface area contributed by atoms with Crippen LogP contribution in [0.3, 0.4) is 0 Å². The summed E-state index contributed by atoms with van der Waals surface area (Å²) in [6.07, 6.45) is 6.65. The SMILES string of the molecule is CC(C)CN=C(NN)N1CCC(N2CCCCC2)CC1. The van der Waals surface area contributed by atoms with Crippen LogP contribution >= 0.6 is 0 Å². The Balaban J connectivity index is 1.81. The first-order valence-corrected chi connectivity index (χ1v) is 8.20. The fourth-order valence-electron chi connectivity index (χ4n) is 3.23. The molecule has 20 heavy (non-hydrogen) atoms. The Morgan fingerprint density at radius 1 is 1.15 bits per heavy atom. The molecule has 2 aliphatic heterocycles. The van der Waals surface area contributed by atoms with E-state index in [0.717, 1.165) is 31.6 Å². The normalized spacial score (nSPS) is 23.4. The molecule has 0 radical (unpaired) electrons. The van der Waals surface area contributed by atoms with Crippen molar-refractivity contribution in [3.63, 3.8) is 0 Å². The molecule has 0 aromatic heterocycles. The van der Waals surface area contributed by atoms with Crippen molar-refractivity contribution in [1.29, 1.82) is 0 Å². The van der Waals surface area contributed by atoms with Gasteiger partial charge in [-0.2, -0.15) is 0 Å². The standard InChI is InChI=1S/C15H31N5/c1-13(2)12-17-15(18-16)20-10-6-14(7-11-20)19-8-4-3-5-9-19/h13-14H,3-12,16H2,1-2H3,(H,17,18). The van der Waals surface area contributed by atoms with Gasteiger partial charge in [-0.15, -0.1) is 0 Å². The number of hydrogen-bond acceptors (Lipinski definition) is 3. The Bertz CT molecular complexity index is 301. The van der Waals surface area contributed by atoms with Crippen LogP contribution < -0.4 is 11.3 Å². The van der Waals surface area contributed by atoms with Crippen LogP contribution in [-0.4, -0.2) is 54.5 Å². The molecule has 0 bridgehead atoms. The summed E-state index contributed by atoms with van der Waals surface area (Å²) in [6, 6.07) is 0.774. The van der Waals surface area contributed by atoms with Crippen molar-refractivity contribution in [2.24, 2.45) is 16.8 Å². The number of nitrogens with two attached hydrogens (primary N) is 1. The van der Waals surface area contributed by atoms with Crippen molar-refractivity contribution in [3.8, 4) is 0 Å². The van der Waals surface area contributed by atoms with E-state index in [1.165, 1.54) is 45.2 Å². The van der Waals surface area contributed by atoms with Gasteiger partial charge in [0.05, 0.1) is 0 Å². The molecule has 5 heteroatoms. The average Bonchev–Trinajstić information content (AvgIpc) is 2.49. The van der Waals surface area contributed by atoms with Gasteiger partial charge in [0.15, 0.2) is 0 Å². The zero-order valence-electron chi connectivity index (χ0n) is 13.1. The third-order valence-corrected chi connectivity index (χ3v) is 4.41. The van der Waals surface area contributed by atoms with Crippen molar-refractivity contribution in [2.75, 3.05) is 32.7 Å². The van der Waals surface area contributed by atoms with Gasteiger partial charge in [0.25, 0.3) is 0 Å². The quantitative estimate of drug-likeness (QED) is 0.355. The van der Waals surface area contributed by atoms with E-state index in [2.05, 4.69) is 34.1 Å².